The molecule has 1 aromatic rings. The van der Waals surface area contributed by atoms with Crippen molar-refractivity contribution >= 4 is 23.2 Å². The van der Waals surface area contributed by atoms with Gasteiger partial charge in [0.05, 0.1) is 7.11 Å². The number of methoxy groups -OCH3 is 1. The Bertz CT molecular complexity index is 355. The van der Waals surface area contributed by atoms with Crippen LogP contribution in [0.15, 0.2) is 18.2 Å². The van der Waals surface area contributed by atoms with Crippen LogP contribution in [0.5, 0.6) is 5.75 Å². The highest BCUT2D eigenvalue weighted by atomic mass is 35.5. The van der Waals surface area contributed by atoms with Crippen LogP contribution in [0.4, 0.5) is 0 Å². The van der Waals surface area contributed by atoms with Gasteiger partial charge in [0.15, 0.2) is 0 Å². The molecule has 0 aromatic heterocycles. The number of halogens is 2. The Labute approximate surface area is 113 Å². The molecule has 0 radical (unpaired) electrons. The van der Waals surface area contributed by atoms with Crippen molar-refractivity contribution in [2.45, 2.75) is 26.4 Å². The maximum atomic E-state index is 6.01. The van der Waals surface area contributed by atoms with Crippen LogP contribution in [-0.2, 0) is 6.54 Å². The van der Waals surface area contributed by atoms with Crippen molar-refractivity contribution in [3.8, 4) is 5.75 Å². The lowest BCUT2D eigenvalue weighted by atomic mass is 10.1. The molecule has 1 rings (SSSR count). The maximum absolute atomic E-state index is 6.01. The number of nitrogens with zero attached hydrogens (tertiary/aromatic N) is 1. The van der Waals surface area contributed by atoms with Gasteiger partial charge in [0.1, 0.15) is 5.75 Å². The smallest absolute Gasteiger partial charge is 0.123 e. The van der Waals surface area contributed by atoms with Gasteiger partial charge in [-0.1, -0.05) is 11.6 Å². The van der Waals surface area contributed by atoms with Crippen LogP contribution in [0, 0.1) is 0 Å². The van der Waals surface area contributed by atoms with Gasteiger partial charge in [-0.15, -0.1) is 11.6 Å². The average Bonchev–Trinajstić information content (AvgIpc) is 2.28. The number of ether oxygens (including phenoxy) is 1. The van der Waals surface area contributed by atoms with Crippen molar-refractivity contribution in [3.05, 3.63) is 28.8 Å². The van der Waals surface area contributed by atoms with Crippen LogP contribution in [0.2, 0.25) is 5.02 Å². The minimum atomic E-state index is 0.442. The summed E-state index contributed by atoms with van der Waals surface area (Å²) in [6.07, 6.45) is 0. The molecule has 0 spiro atoms. The Morgan fingerprint density at radius 2 is 2.06 bits per heavy atom. The number of alkyl halides is 1. The van der Waals surface area contributed by atoms with E-state index in [2.05, 4.69) is 18.7 Å². The summed E-state index contributed by atoms with van der Waals surface area (Å²) in [4.78, 5) is 2.29. The van der Waals surface area contributed by atoms with Gasteiger partial charge in [0.25, 0.3) is 0 Å². The predicted octanol–water partition coefficient (Wildman–Crippen LogP) is 3.80. The van der Waals surface area contributed by atoms with Gasteiger partial charge < -0.3 is 4.74 Å². The highest BCUT2D eigenvalue weighted by Crippen LogP contribution is 2.24. The molecule has 0 aliphatic heterocycles. The van der Waals surface area contributed by atoms with Crippen LogP contribution in [-0.4, -0.2) is 30.5 Å². The standard InChI is InChI=1S/C13H19Cl2NO/c1-10(2)16(7-6-14)9-11-8-12(15)4-5-13(11)17-3/h4-5,8,10H,6-7,9H2,1-3H3. The van der Waals surface area contributed by atoms with Crippen molar-refractivity contribution in [1.29, 1.82) is 0 Å². The Morgan fingerprint density at radius 1 is 1.35 bits per heavy atom. The fraction of sp³-hybridized carbons (Fsp3) is 0.538. The molecule has 0 bridgehead atoms. The van der Waals surface area contributed by atoms with Crippen LogP contribution < -0.4 is 4.74 Å². The highest BCUT2D eigenvalue weighted by Gasteiger charge is 2.12. The molecule has 2 nitrogen and oxygen atoms in total. The Kier molecular flexibility index (Phi) is 6.10. The number of hydrogen-bond donors (Lipinski definition) is 0. The zero-order valence-electron chi connectivity index (χ0n) is 10.5. The van der Waals surface area contributed by atoms with Crippen LogP contribution >= 0.6 is 23.2 Å². The van der Waals surface area contributed by atoms with Crippen LogP contribution in [0.3, 0.4) is 0 Å². The van der Waals surface area contributed by atoms with Gasteiger partial charge in [0.2, 0.25) is 0 Å². The molecular formula is C13H19Cl2NO. The van der Waals surface area contributed by atoms with Gasteiger partial charge in [-0.25, -0.2) is 0 Å². The van der Waals surface area contributed by atoms with E-state index in [1.165, 1.54) is 0 Å². The molecule has 0 N–H and O–H groups in total. The summed E-state index contributed by atoms with van der Waals surface area (Å²) in [6.45, 7) is 5.97. The van der Waals surface area contributed by atoms with Crippen molar-refractivity contribution in [3.63, 3.8) is 0 Å². The van der Waals surface area contributed by atoms with Crippen molar-refractivity contribution in [1.82, 2.24) is 4.90 Å². The van der Waals surface area contributed by atoms with Crippen molar-refractivity contribution < 1.29 is 4.74 Å². The second-order valence-electron chi connectivity index (χ2n) is 4.21. The first-order chi connectivity index (χ1) is 8.08. The third-order valence-electron chi connectivity index (χ3n) is 2.72. The van der Waals surface area contributed by atoms with E-state index in [9.17, 15) is 0 Å². The Morgan fingerprint density at radius 3 is 2.59 bits per heavy atom. The van der Waals surface area contributed by atoms with E-state index >= 15 is 0 Å². The molecule has 0 unspecified atom stereocenters. The fourth-order valence-corrected chi connectivity index (χ4v) is 2.13. The average molecular weight is 276 g/mol. The third kappa shape index (κ3) is 4.38. The predicted molar refractivity (Wildman–Crippen MR) is 74.3 cm³/mol. The van der Waals surface area contributed by atoms with E-state index < -0.39 is 0 Å². The first-order valence-corrected chi connectivity index (χ1v) is 6.62. The summed E-state index contributed by atoms with van der Waals surface area (Å²) in [7, 11) is 1.67. The zero-order valence-corrected chi connectivity index (χ0v) is 12.1. The molecule has 0 heterocycles. The zero-order chi connectivity index (χ0) is 12.8. The minimum absolute atomic E-state index is 0.442. The lowest BCUT2D eigenvalue weighted by Crippen LogP contribution is -2.32. The van der Waals surface area contributed by atoms with E-state index in [0.717, 1.165) is 29.4 Å². The molecule has 17 heavy (non-hydrogen) atoms. The number of hydrogen-bond acceptors (Lipinski definition) is 2. The topological polar surface area (TPSA) is 12.5 Å². The van der Waals surface area contributed by atoms with E-state index in [1.54, 1.807) is 7.11 Å². The third-order valence-corrected chi connectivity index (χ3v) is 3.12. The van der Waals surface area contributed by atoms with Gasteiger partial charge in [-0.2, -0.15) is 0 Å². The quantitative estimate of drug-likeness (QED) is 0.733. The van der Waals surface area contributed by atoms with Crippen LogP contribution in [0.25, 0.3) is 0 Å². The lowest BCUT2D eigenvalue weighted by molar-refractivity contribution is 0.223. The fourth-order valence-electron chi connectivity index (χ4n) is 1.72. The van der Waals surface area contributed by atoms with Crippen molar-refractivity contribution in [2.24, 2.45) is 0 Å². The van der Waals surface area contributed by atoms with E-state index in [-0.39, 0.29) is 0 Å². The molecule has 0 saturated heterocycles. The minimum Gasteiger partial charge on any atom is -0.496 e. The molecule has 0 amide bonds. The molecule has 0 fully saturated rings. The normalized spacial score (nSPS) is 11.2. The summed E-state index contributed by atoms with van der Waals surface area (Å²) < 4.78 is 5.34. The van der Waals surface area contributed by atoms with E-state index in [0.29, 0.717) is 11.9 Å². The maximum Gasteiger partial charge on any atom is 0.123 e. The molecule has 0 aliphatic carbocycles. The molecule has 0 atom stereocenters. The molecule has 4 heteroatoms. The Balaban J connectivity index is 2.87. The number of rotatable bonds is 6. The second-order valence-corrected chi connectivity index (χ2v) is 5.02. The highest BCUT2D eigenvalue weighted by molar-refractivity contribution is 6.30. The summed E-state index contributed by atoms with van der Waals surface area (Å²) >= 11 is 11.8. The first-order valence-electron chi connectivity index (χ1n) is 5.71. The van der Waals surface area contributed by atoms with Gasteiger partial charge in [-0.05, 0) is 32.0 Å². The van der Waals surface area contributed by atoms with Gasteiger partial charge in [-0.3, -0.25) is 4.90 Å². The largest absolute Gasteiger partial charge is 0.496 e. The molecule has 0 saturated carbocycles. The number of benzene rings is 1. The SMILES string of the molecule is COc1ccc(Cl)cc1CN(CCCl)C(C)C. The van der Waals surface area contributed by atoms with Gasteiger partial charge in [0, 0.05) is 35.6 Å². The molecule has 0 aliphatic rings. The molecule has 1 aromatic carbocycles. The molecule has 96 valence electrons. The summed E-state index contributed by atoms with van der Waals surface area (Å²) in [5.41, 5.74) is 1.10. The van der Waals surface area contributed by atoms with Gasteiger partial charge >= 0.3 is 0 Å². The van der Waals surface area contributed by atoms with E-state index in [1.807, 2.05) is 18.2 Å². The monoisotopic (exact) mass is 275 g/mol. The summed E-state index contributed by atoms with van der Waals surface area (Å²) in [5.74, 6) is 1.50. The summed E-state index contributed by atoms with van der Waals surface area (Å²) in [6, 6.07) is 6.13. The lowest BCUT2D eigenvalue weighted by Gasteiger charge is -2.26. The summed E-state index contributed by atoms with van der Waals surface area (Å²) in [5, 5.41) is 0.732. The Hall–Kier alpha value is -0.440. The van der Waals surface area contributed by atoms with E-state index in [4.69, 9.17) is 27.9 Å². The molecular weight excluding hydrogens is 257 g/mol. The second kappa shape index (κ2) is 7.10. The van der Waals surface area contributed by atoms with Crippen LogP contribution in [0.1, 0.15) is 19.4 Å². The first kappa shape index (κ1) is 14.6. The van der Waals surface area contributed by atoms with Crippen molar-refractivity contribution in [2.75, 3.05) is 19.5 Å².